The topological polar surface area (TPSA) is 32.8 Å². The molecule has 25 heavy (non-hydrogen) atoms. The molecule has 138 valence electrons. The van der Waals surface area contributed by atoms with Crippen molar-refractivity contribution in [2.45, 2.75) is 51.7 Å². The fourth-order valence-corrected chi connectivity index (χ4v) is 4.71. The lowest BCUT2D eigenvalue weighted by Crippen LogP contribution is -2.51. The lowest BCUT2D eigenvalue weighted by atomic mass is 9.76. The number of carbonyl (C=O) groups is 1. The van der Waals surface area contributed by atoms with E-state index in [1.807, 2.05) is 14.2 Å². The number of likely N-dealkylation sites (tertiary alicyclic amines) is 1. The van der Waals surface area contributed by atoms with Crippen LogP contribution in [0.25, 0.3) is 0 Å². The standard InChI is InChI=1S/C21H32N2O2/c1-17-7-9-18(10-8-17)14-22(2)15-20(24)23-13-5-12-21(16-23)11-4-6-19(21)25-3/h7-10,19H,4-6,11-16H2,1-3H3/t19-,21-/m1/s1. The van der Waals surface area contributed by atoms with Gasteiger partial charge in [0.05, 0.1) is 12.6 Å². The van der Waals surface area contributed by atoms with E-state index in [-0.39, 0.29) is 11.3 Å². The number of aryl methyl sites for hydroxylation is 1. The van der Waals surface area contributed by atoms with Crippen molar-refractivity contribution in [2.24, 2.45) is 5.41 Å². The van der Waals surface area contributed by atoms with Gasteiger partial charge in [0.25, 0.3) is 0 Å². The molecule has 1 aromatic carbocycles. The Bertz CT molecular complexity index is 586. The van der Waals surface area contributed by atoms with Crippen molar-refractivity contribution < 1.29 is 9.53 Å². The number of hydrogen-bond acceptors (Lipinski definition) is 3. The summed E-state index contributed by atoms with van der Waals surface area (Å²) in [5.74, 6) is 0.260. The molecule has 1 aliphatic heterocycles. The van der Waals surface area contributed by atoms with Gasteiger partial charge in [0.1, 0.15) is 0 Å². The van der Waals surface area contributed by atoms with E-state index in [9.17, 15) is 4.79 Å². The van der Waals surface area contributed by atoms with E-state index < -0.39 is 0 Å². The van der Waals surface area contributed by atoms with Gasteiger partial charge in [-0.15, -0.1) is 0 Å². The molecular weight excluding hydrogens is 312 g/mol. The second-order valence-corrected chi connectivity index (χ2v) is 8.06. The zero-order valence-electron chi connectivity index (χ0n) is 16.0. The highest BCUT2D eigenvalue weighted by molar-refractivity contribution is 5.78. The number of amides is 1. The van der Waals surface area contributed by atoms with E-state index in [1.165, 1.54) is 30.4 Å². The van der Waals surface area contributed by atoms with Crippen molar-refractivity contribution >= 4 is 5.91 Å². The molecule has 4 nitrogen and oxygen atoms in total. The van der Waals surface area contributed by atoms with Crippen molar-refractivity contribution in [2.75, 3.05) is 33.8 Å². The van der Waals surface area contributed by atoms with E-state index in [4.69, 9.17) is 4.74 Å². The number of benzene rings is 1. The maximum atomic E-state index is 12.8. The number of likely N-dealkylation sites (N-methyl/N-ethyl adjacent to an activating group) is 1. The molecule has 0 radical (unpaired) electrons. The van der Waals surface area contributed by atoms with Gasteiger partial charge in [-0.25, -0.2) is 0 Å². The maximum absolute atomic E-state index is 12.8. The molecule has 3 rings (SSSR count). The van der Waals surface area contributed by atoms with E-state index >= 15 is 0 Å². The molecule has 1 saturated carbocycles. The molecule has 4 heteroatoms. The fourth-order valence-electron chi connectivity index (χ4n) is 4.71. The number of nitrogens with zero attached hydrogens (tertiary/aromatic N) is 2. The van der Waals surface area contributed by atoms with Crippen molar-refractivity contribution in [3.63, 3.8) is 0 Å². The quantitative estimate of drug-likeness (QED) is 0.822. The monoisotopic (exact) mass is 344 g/mol. The maximum Gasteiger partial charge on any atom is 0.236 e. The summed E-state index contributed by atoms with van der Waals surface area (Å²) in [5.41, 5.74) is 2.73. The van der Waals surface area contributed by atoms with Crippen LogP contribution in [0.5, 0.6) is 0 Å². The first-order valence-corrected chi connectivity index (χ1v) is 9.57. The molecule has 1 aliphatic carbocycles. The number of methoxy groups -OCH3 is 1. The largest absolute Gasteiger partial charge is 0.381 e. The Labute approximate surface area is 152 Å². The Hall–Kier alpha value is -1.39. The smallest absolute Gasteiger partial charge is 0.236 e. The number of carbonyl (C=O) groups excluding carboxylic acids is 1. The highest BCUT2D eigenvalue weighted by Crippen LogP contribution is 2.46. The number of hydrogen-bond donors (Lipinski definition) is 0. The summed E-state index contributed by atoms with van der Waals surface area (Å²) in [4.78, 5) is 17.0. The average molecular weight is 344 g/mol. The Morgan fingerprint density at radius 2 is 2.00 bits per heavy atom. The predicted molar refractivity (Wildman–Crippen MR) is 100 cm³/mol. The fraction of sp³-hybridized carbons (Fsp3) is 0.667. The predicted octanol–water partition coefficient (Wildman–Crippen LogP) is 3.23. The van der Waals surface area contributed by atoms with E-state index in [2.05, 4.69) is 41.0 Å². The molecule has 2 aliphatic rings. The van der Waals surface area contributed by atoms with Gasteiger partial charge in [0, 0.05) is 32.2 Å². The van der Waals surface area contributed by atoms with Gasteiger partial charge in [-0.3, -0.25) is 9.69 Å². The van der Waals surface area contributed by atoms with Crippen molar-refractivity contribution in [3.8, 4) is 0 Å². The summed E-state index contributed by atoms with van der Waals surface area (Å²) >= 11 is 0. The highest BCUT2D eigenvalue weighted by atomic mass is 16.5. The molecule has 0 N–H and O–H groups in total. The Kier molecular flexibility index (Phi) is 5.80. The van der Waals surface area contributed by atoms with Crippen LogP contribution in [0.2, 0.25) is 0 Å². The number of piperidine rings is 1. The van der Waals surface area contributed by atoms with Crippen LogP contribution in [-0.4, -0.2) is 55.6 Å². The highest BCUT2D eigenvalue weighted by Gasteiger charge is 2.46. The first kappa shape index (κ1) is 18.4. The van der Waals surface area contributed by atoms with Crippen molar-refractivity contribution in [1.82, 2.24) is 9.80 Å². The van der Waals surface area contributed by atoms with Crippen LogP contribution in [0.3, 0.4) is 0 Å². The molecule has 0 aromatic heterocycles. The van der Waals surface area contributed by atoms with Gasteiger partial charge >= 0.3 is 0 Å². The summed E-state index contributed by atoms with van der Waals surface area (Å²) in [6.07, 6.45) is 6.21. The average Bonchev–Trinajstić information content (AvgIpc) is 2.98. The van der Waals surface area contributed by atoms with Gasteiger partial charge < -0.3 is 9.64 Å². The zero-order valence-corrected chi connectivity index (χ0v) is 16.0. The van der Waals surface area contributed by atoms with Crippen LogP contribution >= 0.6 is 0 Å². The minimum Gasteiger partial charge on any atom is -0.381 e. The van der Waals surface area contributed by atoms with Crippen LogP contribution in [0.1, 0.15) is 43.2 Å². The summed E-state index contributed by atoms with van der Waals surface area (Å²) in [6.45, 7) is 5.17. The van der Waals surface area contributed by atoms with Gasteiger partial charge in [-0.05, 0) is 45.2 Å². The third-order valence-corrected chi connectivity index (χ3v) is 6.05. The molecule has 1 amide bonds. The van der Waals surface area contributed by atoms with Crippen LogP contribution in [-0.2, 0) is 16.1 Å². The van der Waals surface area contributed by atoms with E-state index in [1.54, 1.807) is 0 Å². The van der Waals surface area contributed by atoms with Gasteiger partial charge in [0.15, 0.2) is 0 Å². The lowest BCUT2D eigenvalue weighted by molar-refractivity contribution is -0.138. The van der Waals surface area contributed by atoms with Crippen LogP contribution in [0.15, 0.2) is 24.3 Å². The molecule has 2 fully saturated rings. The van der Waals surface area contributed by atoms with Crippen molar-refractivity contribution in [3.05, 3.63) is 35.4 Å². The van der Waals surface area contributed by atoms with Gasteiger partial charge in [0.2, 0.25) is 5.91 Å². The zero-order chi connectivity index (χ0) is 17.9. The molecule has 2 atom stereocenters. The van der Waals surface area contributed by atoms with E-state index in [0.717, 1.165) is 32.5 Å². The van der Waals surface area contributed by atoms with Gasteiger partial charge in [-0.2, -0.15) is 0 Å². The molecule has 1 spiro atoms. The lowest BCUT2D eigenvalue weighted by Gasteiger charge is -2.44. The Morgan fingerprint density at radius 1 is 1.28 bits per heavy atom. The third kappa shape index (κ3) is 4.24. The van der Waals surface area contributed by atoms with Crippen LogP contribution in [0, 0.1) is 12.3 Å². The summed E-state index contributed by atoms with van der Waals surface area (Å²) in [6, 6.07) is 8.55. The molecular formula is C21H32N2O2. The van der Waals surface area contributed by atoms with Crippen LogP contribution in [0.4, 0.5) is 0 Å². The molecule has 1 heterocycles. The molecule has 1 aromatic rings. The summed E-state index contributed by atoms with van der Waals surface area (Å²) < 4.78 is 5.75. The first-order valence-electron chi connectivity index (χ1n) is 9.57. The van der Waals surface area contributed by atoms with Gasteiger partial charge in [-0.1, -0.05) is 36.2 Å². The minimum atomic E-state index is 0.207. The second-order valence-electron chi connectivity index (χ2n) is 8.06. The SMILES string of the molecule is CO[C@@H]1CCC[C@]12CCCN(C(=O)CN(C)Cc1ccc(C)cc1)C2. The second kappa shape index (κ2) is 7.88. The molecule has 1 saturated heterocycles. The summed E-state index contributed by atoms with van der Waals surface area (Å²) in [5, 5.41) is 0. The number of rotatable bonds is 5. The normalized spacial score (nSPS) is 26.6. The van der Waals surface area contributed by atoms with Crippen molar-refractivity contribution in [1.29, 1.82) is 0 Å². The van der Waals surface area contributed by atoms with E-state index in [0.29, 0.717) is 12.6 Å². The Morgan fingerprint density at radius 3 is 2.72 bits per heavy atom. The number of ether oxygens (including phenoxy) is 1. The third-order valence-electron chi connectivity index (χ3n) is 6.05. The first-order chi connectivity index (χ1) is 12.0. The van der Waals surface area contributed by atoms with Crippen LogP contribution < -0.4 is 0 Å². The molecule has 0 unspecified atom stereocenters. The Balaban J connectivity index is 1.56. The summed E-state index contributed by atoms with van der Waals surface area (Å²) in [7, 11) is 3.86. The minimum absolute atomic E-state index is 0.207. The molecule has 0 bridgehead atoms.